The first kappa shape index (κ1) is 25.0. The molecule has 0 amide bonds. The molecule has 0 radical (unpaired) electrons. The zero-order valence-corrected chi connectivity index (χ0v) is 18.2. The van der Waals surface area contributed by atoms with Gasteiger partial charge in [0.15, 0.2) is 0 Å². The van der Waals surface area contributed by atoms with Gasteiger partial charge in [-0.05, 0) is 91.2 Å². The van der Waals surface area contributed by atoms with Crippen LogP contribution in [0.25, 0.3) is 0 Å². The van der Waals surface area contributed by atoms with Gasteiger partial charge in [-0.15, -0.1) is 0 Å². The summed E-state index contributed by atoms with van der Waals surface area (Å²) in [7, 11) is 0. The van der Waals surface area contributed by atoms with Crippen molar-refractivity contribution in [1.29, 1.82) is 0 Å². The molecule has 6 heteroatoms. The number of benzene rings is 1. The number of carboxylic acids is 1. The molecule has 0 spiro atoms. The third-order valence-electron chi connectivity index (χ3n) is 5.24. The molecule has 0 bridgehead atoms. The molecule has 0 saturated heterocycles. The number of aliphatic hydroxyl groups is 2. The van der Waals surface area contributed by atoms with Gasteiger partial charge in [0.1, 0.15) is 17.1 Å². The van der Waals surface area contributed by atoms with Crippen LogP contribution >= 0.6 is 0 Å². The molecule has 1 aromatic carbocycles. The number of aromatic carboxylic acids is 1. The van der Waals surface area contributed by atoms with E-state index in [0.29, 0.717) is 24.8 Å². The molecule has 0 aromatic heterocycles. The van der Waals surface area contributed by atoms with Crippen LogP contribution in [0, 0.1) is 6.92 Å². The minimum atomic E-state index is -1.23. The molecule has 6 nitrogen and oxygen atoms in total. The maximum absolute atomic E-state index is 11.3. The van der Waals surface area contributed by atoms with Gasteiger partial charge < -0.3 is 25.5 Å². The van der Waals surface area contributed by atoms with Crippen molar-refractivity contribution in [3.8, 4) is 11.5 Å². The average molecular weight is 409 g/mol. The molecule has 29 heavy (non-hydrogen) atoms. The van der Waals surface area contributed by atoms with Crippen molar-refractivity contribution in [2.75, 3.05) is 0 Å². The highest BCUT2D eigenvalue weighted by atomic mass is 16.4. The van der Waals surface area contributed by atoms with E-state index in [1.54, 1.807) is 13.8 Å². The second-order valence-electron chi connectivity index (χ2n) is 8.99. The van der Waals surface area contributed by atoms with E-state index >= 15 is 0 Å². The van der Waals surface area contributed by atoms with Crippen LogP contribution in [0.2, 0.25) is 0 Å². The molecule has 0 aliphatic heterocycles. The summed E-state index contributed by atoms with van der Waals surface area (Å²) in [4.78, 5) is 11.3. The van der Waals surface area contributed by atoms with Gasteiger partial charge in [0.25, 0.3) is 0 Å². The number of allylic oxidation sites excluding steroid dienone is 2. The lowest BCUT2D eigenvalue weighted by molar-refractivity contribution is 0.0226. The molecular weight excluding hydrogens is 372 g/mol. The monoisotopic (exact) mass is 408 g/mol. The van der Waals surface area contributed by atoms with E-state index in [4.69, 9.17) is 0 Å². The Hall–Kier alpha value is -2.05. The van der Waals surface area contributed by atoms with E-state index in [1.165, 1.54) is 13.0 Å². The lowest BCUT2D eigenvalue weighted by atomic mass is 9.89. The molecule has 0 saturated carbocycles. The summed E-state index contributed by atoms with van der Waals surface area (Å²) in [6.07, 6.45) is 6.28. The summed E-state index contributed by atoms with van der Waals surface area (Å²) < 4.78 is 0. The summed E-state index contributed by atoms with van der Waals surface area (Å²) in [6, 6.07) is 1.35. The third-order valence-corrected chi connectivity index (χ3v) is 5.24. The summed E-state index contributed by atoms with van der Waals surface area (Å²) >= 11 is 0. The highest BCUT2D eigenvalue weighted by Crippen LogP contribution is 2.34. The Morgan fingerprint density at radius 1 is 1.07 bits per heavy atom. The Bertz CT molecular complexity index is 741. The molecule has 0 heterocycles. The molecule has 1 atom stereocenters. The summed E-state index contributed by atoms with van der Waals surface area (Å²) in [6.45, 7) is 8.80. The van der Waals surface area contributed by atoms with E-state index in [-0.39, 0.29) is 23.3 Å². The minimum absolute atomic E-state index is 0.121. The Kier molecular flexibility index (Phi) is 8.72. The quantitative estimate of drug-likeness (QED) is 0.345. The lowest BCUT2D eigenvalue weighted by Crippen LogP contribution is -2.26. The van der Waals surface area contributed by atoms with E-state index in [1.807, 2.05) is 19.9 Å². The molecule has 0 fully saturated rings. The molecule has 164 valence electrons. The maximum Gasteiger partial charge on any atom is 0.339 e. The van der Waals surface area contributed by atoms with Gasteiger partial charge in [0.2, 0.25) is 0 Å². The standard InChI is InChI=1S/C23H36O6/c1-15(8-6-12-23(5,29)13-7-11-22(3,4)28)9-10-17-18(24)14-16(2)19(20(17)25)21(26)27/h9,14,24-25,28-29H,6-8,10-13H2,1-5H3,(H,26,27). The zero-order valence-electron chi connectivity index (χ0n) is 18.2. The first-order chi connectivity index (χ1) is 13.2. The highest BCUT2D eigenvalue weighted by Gasteiger charge is 2.22. The molecule has 1 rings (SSSR count). The SMILES string of the molecule is CC(=CCc1c(O)cc(C)c(C(=O)O)c1O)CCCC(C)(O)CCCC(C)(C)O. The average Bonchev–Trinajstić information content (AvgIpc) is 2.51. The molecule has 0 aliphatic rings. The van der Waals surface area contributed by atoms with Crippen LogP contribution in [-0.2, 0) is 6.42 Å². The van der Waals surface area contributed by atoms with Crippen LogP contribution in [0.1, 0.15) is 87.7 Å². The van der Waals surface area contributed by atoms with Crippen LogP contribution in [0.15, 0.2) is 17.7 Å². The summed E-state index contributed by atoms with van der Waals surface area (Å²) in [5, 5.41) is 49.8. The van der Waals surface area contributed by atoms with Crippen LogP contribution in [0.5, 0.6) is 11.5 Å². The number of hydrogen-bond donors (Lipinski definition) is 5. The molecule has 1 aromatic rings. The predicted octanol–water partition coefficient (Wildman–Crippen LogP) is 4.46. The van der Waals surface area contributed by atoms with Crippen molar-refractivity contribution in [3.05, 3.63) is 34.4 Å². The number of phenols is 2. The van der Waals surface area contributed by atoms with Crippen molar-refractivity contribution < 1.29 is 30.3 Å². The second kappa shape index (κ2) is 10.1. The number of phenolic OH excluding ortho intramolecular Hbond substituents is 1. The van der Waals surface area contributed by atoms with Crippen LogP contribution in [0.4, 0.5) is 0 Å². The van der Waals surface area contributed by atoms with Crippen molar-refractivity contribution in [3.63, 3.8) is 0 Å². The topological polar surface area (TPSA) is 118 Å². The maximum atomic E-state index is 11.3. The molecular formula is C23H36O6. The number of carbonyl (C=O) groups is 1. The first-order valence-corrected chi connectivity index (χ1v) is 10.1. The van der Waals surface area contributed by atoms with E-state index in [9.17, 15) is 30.3 Å². The number of carboxylic acid groups (broad SMARTS) is 1. The van der Waals surface area contributed by atoms with E-state index < -0.39 is 22.9 Å². The van der Waals surface area contributed by atoms with E-state index in [2.05, 4.69) is 0 Å². The smallest absolute Gasteiger partial charge is 0.339 e. The van der Waals surface area contributed by atoms with Gasteiger partial charge in [-0.25, -0.2) is 4.79 Å². The Labute approximate surface area is 173 Å². The molecule has 1 unspecified atom stereocenters. The fourth-order valence-corrected chi connectivity index (χ4v) is 3.45. The van der Waals surface area contributed by atoms with Gasteiger partial charge >= 0.3 is 5.97 Å². The Morgan fingerprint density at radius 3 is 2.21 bits per heavy atom. The van der Waals surface area contributed by atoms with Crippen molar-refractivity contribution >= 4 is 5.97 Å². The Balaban J connectivity index is 2.63. The zero-order chi connectivity index (χ0) is 22.4. The van der Waals surface area contributed by atoms with Crippen LogP contribution < -0.4 is 0 Å². The fourth-order valence-electron chi connectivity index (χ4n) is 3.45. The van der Waals surface area contributed by atoms with Crippen LogP contribution in [0.3, 0.4) is 0 Å². The Morgan fingerprint density at radius 2 is 1.66 bits per heavy atom. The molecule has 5 N–H and O–H groups in total. The number of aromatic hydroxyl groups is 2. The first-order valence-electron chi connectivity index (χ1n) is 10.1. The number of rotatable bonds is 11. The van der Waals surface area contributed by atoms with E-state index in [0.717, 1.165) is 24.8 Å². The summed E-state index contributed by atoms with van der Waals surface area (Å²) in [5.41, 5.74) is -0.146. The number of aryl methyl sites for hydroxylation is 1. The minimum Gasteiger partial charge on any atom is -0.508 e. The van der Waals surface area contributed by atoms with Gasteiger partial charge in [-0.1, -0.05) is 11.6 Å². The highest BCUT2D eigenvalue weighted by molar-refractivity contribution is 5.93. The van der Waals surface area contributed by atoms with Gasteiger partial charge in [-0.3, -0.25) is 0 Å². The second-order valence-corrected chi connectivity index (χ2v) is 8.99. The normalized spacial score (nSPS) is 14.7. The van der Waals surface area contributed by atoms with Gasteiger partial charge in [-0.2, -0.15) is 0 Å². The number of hydrogen-bond acceptors (Lipinski definition) is 5. The predicted molar refractivity (Wildman–Crippen MR) is 114 cm³/mol. The lowest BCUT2D eigenvalue weighted by Gasteiger charge is -2.25. The van der Waals surface area contributed by atoms with Gasteiger partial charge in [0, 0.05) is 5.56 Å². The fraction of sp³-hybridized carbons (Fsp3) is 0.609. The van der Waals surface area contributed by atoms with Crippen molar-refractivity contribution in [1.82, 2.24) is 0 Å². The molecule has 0 aliphatic carbocycles. The third kappa shape index (κ3) is 8.46. The summed E-state index contributed by atoms with van der Waals surface area (Å²) in [5.74, 6) is -1.74. The van der Waals surface area contributed by atoms with Crippen LogP contribution in [-0.4, -0.2) is 42.7 Å². The van der Waals surface area contributed by atoms with Gasteiger partial charge in [0.05, 0.1) is 11.2 Å². The van der Waals surface area contributed by atoms with Crippen molar-refractivity contribution in [2.45, 2.75) is 90.8 Å². The largest absolute Gasteiger partial charge is 0.508 e. The van der Waals surface area contributed by atoms with Crippen molar-refractivity contribution in [2.24, 2.45) is 0 Å².